The maximum atomic E-state index is 14.1. The summed E-state index contributed by atoms with van der Waals surface area (Å²) in [6.07, 6.45) is 2.04. The number of rotatable bonds is 7. The number of carbonyl (C=O) groups excluding carboxylic acids is 1. The summed E-state index contributed by atoms with van der Waals surface area (Å²) in [5.74, 6) is -0.0511. The lowest BCUT2D eigenvalue weighted by Gasteiger charge is -2.37. The second-order valence-electron chi connectivity index (χ2n) is 8.11. The van der Waals surface area contributed by atoms with E-state index >= 15 is 0 Å². The van der Waals surface area contributed by atoms with Crippen LogP contribution in [0.4, 0.5) is 10.1 Å². The molecule has 1 aliphatic rings. The third-order valence-corrected chi connectivity index (χ3v) is 6.18. The van der Waals surface area contributed by atoms with Gasteiger partial charge in [0, 0.05) is 24.9 Å². The quantitative estimate of drug-likeness (QED) is 0.719. The van der Waals surface area contributed by atoms with Crippen LogP contribution in [0, 0.1) is 5.82 Å². The first-order valence-corrected chi connectivity index (χ1v) is 11.7. The van der Waals surface area contributed by atoms with Crippen molar-refractivity contribution in [3.8, 4) is 5.75 Å². The molecule has 0 spiro atoms. The summed E-state index contributed by atoms with van der Waals surface area (Å²) in [5, 5.41) is 3.03. The summed E-state index contributed by atoms with van der Waals surface area (Å²) < 4.78 is 45.3. The summed E-state index contributed by atoms with van der Waals surface area (Å²) in [6, 6.07) is 13.1. The molecule has 1 aliphatic heterocycles. The first-order chi connectivity index (χ1) is 14.1. The third-order valence-electron chi connectivity index (χ3n) is 5.00. The Balaban J connectivity index is 1.64. The molecule has 1 heterocycles. The summed E-state index contributed by atoms with van der Waals surface area (Å²) in [6.45, 7) is 3.96. The lowest BCUT2D eigenvalue weighted by atomic mass is 9.89. The first kappa shape index (κ1) is 22.1. The highest BCUT2D eigenvalue weighted by atomic mass is 32.2. The topological polar surface area (TPSA) is 75.7 Å². The molecule has 6 nitrogen and oxygen atoms in total. The van der Waals surface area contributed by atoms with E-state index in [4.69, 9.17) is 4.74 Å². The van der Waals surface area contributed by atoms with E-state index in [1.807, 2.05) is 38.1 Å². The van der Waals surface area contributed by atoms with E-state index in [0.717, 1.165) is 21.9 Å². The number of hydrogen-bond acceptors (Lipinski definition) is 4. The Morgan fingerprint density at radius 3 is 2.57 bits per heavy atom. The van der Waals surface area contributed by atoms with Crippen molar-refractivity contribution in [2.24, 2.45) is 0 Å². The van der Waals surface area contributed by atoms with E-state index in [-0.39, 0.29) is 37.0 Å². The fraction of sp³-hybridized carbons (Fsp3) is 0.409. The minimum absolute atomic E-state index is 0.0134. The Labute approximate surface area is 177 Å². The van der Waals surface area contributed by atoms with Crippen LogP contribution in [0.15, 0.2) is 48.5 Å². The van der Waals surface area contributed by atoms with E-state index in [0.29, 0.717) is 6.42 Å². The highest BCUT2D eigenvalue weighted by Gasteiger charge is 2.34. The number of sulfonamides is 1. The number of nitrogens with one attached hydrogen (secondary N) is 1. The van der Waals surface area contributed by atoms with Gasteiger partial charge < -0.3 is 10.1 Å². The van der Waals surface area contributed by atoms with Gasteiger partial charge in [-0.05, 0) is 38.5 Å². The fourth-order valence-corrected chi connectivity index (χ4v) is 4.67. The van der Waals surface area contributed by atoms with E-state index in [1.54, 1.807) is 6.07 Å². The maximum absolute atomic E-state index is 14.1. The first-order valence-electron chi connectivity index (χ1n) is 9.86. The van der Waals surface area contributed by atoms with Crippen molar-refractivity contribution >= 4 is 21.6 Å². The largest absolute Gasteiger partial charge is 0.487 e. The number of nitrogens with zero attached hydrogens (tertiary/aromatic N) is 1. The van der Waals surface area contributed by atoms with Crippen LogP contribution in [0.1, 0.15) is 44.7 Å². The van der Waals surface area contributed by atoms with Gasteiger partial charge in [-0.1, -0.05) is 30.3 Å². The molecular weight excluding hydrogens is 407 g/mol. The normalized spacial score (nSPS) is 17.5. The van der Waals surface area contributed by atoms with Crippen LogP contribution in [-0.2, 0) is 14.8 Å². The molecule has 8 heteroatoms. The van der Waals surface area contributed by atoms with Gasteiger partial charge >= 0.3 is 0 Å². The standard InChI is InChI=1S/C22H27FN2O4S/c1-22(2)15-18(16-9-4-7-12-20(16)29-22)24-21(26)13-8-14-25(30(3,27)28)19-11-6-5-10-17(19)23/h4-7,9-12,18H,8,13-15H2,1-3H3,(H,24,26)/t18-/m1/s1. The van der Waals surface area contributed by atoms with Gasteiger partial charge in [-0.3, -0.25) is 9.10 Å². The molecular formula is C22H27FN2O4S. The van der Waals surface area contributed by atoms with E-state index in [2.05, 4.69) is 5.32 Å². The molecule has 3 rings (SSSR count). The number of anilines is 1. The second kappa shape index (κ2) is 8.63. The van der Waals surface area contributed by atoms with Gasteiger partial charge in [-0.25, -0.2) is 12.8 Å². The van der Waals surface area contributed by atoms with Crippen LogP contribution in [0.3, 0.4) is 0 Å². The number of hydrogen-bond donors (Lipinski definition) is 1. The molecule has 162 valence electrons. The summed E-state index contributed by atoms with van der Waals surface area (Å²) >= 11 is 0. The van der Waals surface area contributed by atoms with Crippen LogP contribution >= 0.6 is 0 Å². The van der Waals surface area contributed by atoms with E-state index in [1.165, 1.54) is 18.2 Å². The van der Waals surface area contributed by atoms with Gasteiger partial charge in [0.05, 0.1) is 18.0 Å². The molecule has 0 radical (unpaired) electrons. The summed E-state index contributed by atoms with van der Waals surface area (Å²) in [4.78, 5) is 12.6. The molecule has 0 saturated heterocycles. The van der Waals surface area contributed by atoms with Crippen LogP contribution in [0.5, 0.6) is 5.75 Å². The van der Waals surface area contributed by atoms with E-state index in [9.17, 15) is 17.6 Å². The highest BCUT2D eigenvalue weighted by Crippen LogP contribution is 2.39. The molecule has 1 amide bonds. The zero-order valence-electron chi connectivity index (χ0n) is 17.4. The van der Waals surface area contributed by atoms with Crippen LogP contribution in [-0.4, -0.2) is 32.7 Å². The molecule has 0 aliphatic carbocycles. The smallest absolute Gasteiger partial charge is 0.232 e. The molecule has 0 bridgehead atoms. The Morgan fingerprint density at radius 1 is 1.20 bits per heavy atom. The zero-order chi connectivity index (χ0) is 21.9. The van der Waals surface area contributed by atoms with Gasteiger partial charge in [-0.2, -0.15) is 0 Å². The van der Waals surface area contributed by atoms with Crippen molar-refractivity contribution in [1.29, 1.82) is 0 Å². The molecule has 0 fully saturated rings. The van der Waals surface area contributed by atoms with Crippen LogP contribution < -0.4 is 14.4 Å². The lowest BCUT2D eigenvalue weighted by molar-refractivity contribution is -0.122. The molecule has 0 aromatic heterocycles. The Bertz CT molecular complexity index is 1020. The van der Waals surface area contributed by atoms with Crippen molar-refractivity contribution in [2.45, 2.75) is 44.8 Å². The second-order valence-corrected chi connectivity index (χ2v) is 10.0. The van der Waals surface area contributed by atoms with Gasteiger partial charge in [-0.15, -0.1) is 0 Å². The van der Waals surface area contributed by atoms with Crippen molar-refractivity contribution in [1.82, 2.24) is 5.32 Å². The number of fused-ring (bicyclic) bond motifs is 1. The van der Waals surface area contributed by atoms with Gasteiger partial charge in [0.15, 0.2) is 0 Å². The zero-order valence-corrected chi connectivity index (χ0v) is 18.2. The van der Waals surface area contributed by atoms with E-state index < -0.39 is 21.4 Å². The molecule has 2 aromatic carbocycles. The van der Waals surface area contributed by atoms with Gasteiger partial charge in [0.1, 0.15) is 17.2 Å². The van der Waals surface area contributed by atoms with Crippen LogP contribution in [0.25, 0.3) is 0 Å². The predicted molar refractivity (Wildman–Crippen MR) is 114 cm³/mol. The van der Waals surface area contributed by atoms with Crippen molar-refractivity contribution < 1.29 is 22.3 Å². The summed E-state index contributed by atoms with van der Waals surface area (Å²) in [5.41, 5.74) is 0.499. The molecule has 30 heavy (non-hydrogen) atoms. The van der Waals surface area contributed by atoms with Gasteiger partial charge in [0.25, 0.3) is 0 Å². The number of amides is 1. The number of carbonyl (C=O) groups is 1. The number of benzene rings is 2. The maximum Gasteiger partial charge on any atom is 0.232 e. The third kappa shape index (κ3) is 5.30. The monoisotopic (exact) mass is 434 g/mol. The van der Waals surface area contributed by atoms with Crippen molar-refractivity contribution in [3.63, 3.8) is 0 Å². The average Bonchev–Trinajstić information content (AvgIpc) is 2.64. The van der Waals surface area contributed by atoms with Crippen molar-refractivity contribution in [2.75, 3.05) is 17.1 Å². The fourth-order valence-electron chi connectivity index (χ4n) is 3.70. The Kier molecular flexibility index (Phi) is 6.36. The molecule has 0 unspecified atom stereocenters. The Morgan fingerprint density at radius 2 is 1.87 bits per heavy atom. The Hall–Kier alpha value is -2.61. The minimum Gasteiger partial charge on any atom is -0.487 e. The van der Waals surface area contributed by atoms with Crippen LogP contribution in [0.2, 0.25) is 0 Å². The average molecular weight is 435 g/mol. The molecule has 1 N–H and O–H groups in total. The SMILES string of the molecule is CC1(C)C[C@@H](NC(=O)CCCN(c2ccccc2F)S(C)(=O)=O)c2ccccc2O1. The molecule has 2 aromatic rings. The number of para-hydroxylation sites is 2. The molecule has 1 atom stereocenters. The molecule has 0 saturated carbocycles. The van der Waals surface area contributed by atoms with Gasteiger partial charge in [0.2, 0.25) is 15.9 Å². The number of ether oxygens (including phenoxy) is 1. The lowest BCUT2D eigenvalue weighted by Crippen LogP contribution is -2.41. The van der Waals surface area contributed by atoms with Crippen molar-refractivity contribution in [3.05, 3.63) is 59.9 Å². The minimum atomic E-state index is -3.68. The summed E-state index contributed by atoms with van der Waals surface area (Å²) in [7, 11) is -3.68. The highest BCUT2D eigenvalue weighted by molar-refractivity contribution is 7.92. The predicted octanol–water partition coefficient (Wildman–Crippen LogP) is 3.79. The number of halogens is 1.